The van der Waals surface area contributed by atoms with Crippen LogP contribution in [0.1, 0.15) is 232 Å². The van der Waals surface area contributed by atoms with Gasteiger partial charge in [0.2, 0.25) is 0 Å². The van der Waals surface area contributed by atoms with E-state index in [4.69, 9.17) is 18.9 Å². The quantitative estimate of drug-likeness (QED) is 0.0196. The average molecular weight is 1040 g/mol. The van der Waals surface area contributed by atoms with Gasteiger partial charge in [0, 0.05) is 13.0 Å². The summed E-state index contributed by atoms with van der Waals surface area (Å²) in [5.41, 5.74) is 0. The Labute approximate surface area is 439 Å². The molecule has 0 aliphatic carbocycles. The molecule has 0 radical (unpaired) electrons. The molecule has 6 atom stereocenters. The third-order valence-electron chi connectivity index (χ3n) is 12.8. The van der Waals surface area contributed by atoms with Crippen LogP contribution in [0.3, 0.4) is 0 Å². The highest BCUT2D eigenvalue weighted by atomic mass is 32.3. The van der Waals surface area contributed by atoms with E-state index in [0.717, 1.165) is 83.5 Å². The maximum absolute atomic E-state index is 13.0. The molecule has 0 aromatic rings. The molecule has 1 rings (SSSR count). The van der Waals surface area contributed by atoms with Crippen molar-refractivity contribution in [2.45, 2.75) is 269 Å². The fourth-order valence-electron chi connectivity index (χ4n) is 8.52. The van der Waals surface area contributed by atoms with Crippen LogP contribution >= 0.6 is 0 Å². The zero-order chi connectivity index (χ0) is 52.4. The first-order valence-corrected chi connectivity index (χ1v) is 30.1. The number of allylic oxidation sites excluding steroid dienone is 12. The molecule has 0 bridgehead atoms. The van der Waals surface area contributed by atoms with Crippen molar-refractivity contribution in [2.75, 3.05) is 26.4 Å². The Hall–Kier alpha value is -2.46. The lowest BCUT2D eigenvalue weighted by molar-refractivity contribution is -0.301. The molecule has 1 aliphatic rings. The maximum Gasteiger partial charge on any atom is 0.397 e. The Morgan fingerprint density at radius 3 is 1.42 bits per heavy atom. The molecule has 6 unspecified atom stereocenters. The van der Waals surface area contributed by atoms with Gasteiger partial charge < -0.3 is 34.3 Å². The lowest BCUT2D eigenvalue weighted by Crippen LogP contribution is -2.60. The summed E-state index contributed by atoms with van der Waals surface area (Å²) >= 11 is 0. The largest absolute Gasteiger partial charge is 0.457 e. The van der Waals surface area contributed by atoms with Gasteiger partial charge in [-0.25, -0.2) is 4.18 Å². The van der Waals surface area contributed by atoms with Gasteiger partial charge in [-0.2, -0.15) is 8.42 Å². The molecule has 1 heterocycles. The molecule has 72 heavy (non-hydrogen) atoms. The highest BCUT2D eigenvalue weighted by Crippen LogP contribution is 2.26. The molecule has 0 saturated carbocycles. The van der Waals surface area contributed by atoms with Crippen molar-refractivity contribution >= 4 is 16.4 Å². The van der Waals surface area contributed by atoms with Crippen LogP contribution in [0.4, 0.5) is 0 Å². The first-order valence-electron chi connectivity index (χ1n) is 28.7. The maximum atomic E-state index is 13.0. The van der Waals surface area contributed by atoms with Crippen molar-refractivity contribution in [3.05, 3.63) is 72.9 Å². The van der Waals surface area contributed by atoms with E-state index >= 15 is 0 Å². The van der Waals surface area contributed by atoms with E-state index in [1.165, 1.54) is 122 Å². The topological polar surface area (TPSA) is 178 Å². The summed E-state index contributed by atoms with van der Waals surface area (Å²) in [6, 6.07) is 0. The van der Waals surface area contributed by atoms with Crippen LogP contribution in [0.15, 0.2) is 72.9 Å². The number of ether oxygens (including phenoxy) is 4. The molecule has 0 aromatic heterocycles. The lowest BCUT2D eigenvalue weighted by Gasteiger charge is -2.41. The smallest absolute Gasteiger partial charge is 0.397 e. The number of carbonyl (C=O) groups excluding carboxylic acids is 1. The van der Waals surface area contributed by atoms with Gasteiger partial charge in [0.15, 0.2) is 6.29 Å². The molecule has 418 valence electrons. The van der Waals surface area contributed by atoms with Gasteiger partial charge in [0.1, 0.15) is 30.5 Å². The molecule has 12 nitrogen and oxygen atoms in total. The molecule has 0 aromatic carbocycles. The summed E-state index contributed by atoms with van der Waals surface area (Å²) in [6.45, 7) is 3.84. The van der Waals surface area contributed by atoms with Crippen LogP contribution in [-0.4, -0.2) is 97.5 Å². The molecule has 1 saturated heterocycles. The average Bonchev–Trinajstić information content (AvgIpc) is 3.36. The van der Waals surface area contributed by atoms with Crippen molar-refractivity contribution in [1.82, 2.24) is 0 Å². The number of carbonyl (C=O) groups is 1. The van der Waals surface area contributed by atoms with Crippen LogP contribution in [0.2, 0.25) is 0 Å². The Kier molecular flexibility index (Phi) is 46.4. The zero-order valence-corrected chi connectivity index (χ0v) is 46.0. The molecule has 4 N–H and O–H groups in total. The summed E-state index contributed by atoms with van der Waals surface area (Å²) in [5, 5.41) is 30.8. The second kappa shape index (κ2) is 49.4. The van der Waals surface area contributed by atoms with E-state index in [2.05, 4.69) is 90.9 Å². The van der Waals surface area contributed by atoms with Crippen LogP contribution in [-0.2, 0) is 38.3 Å². The fraction of sp³-hybridized carbons (Fsp3) is 0.780. The molecule has 0 spiro atoms. The van der Waals surface area contributed by atoms with Gasteiger partial charge in [0.25, 0.3) is 0 Å². The number of aliphatic hydroxyl groups excluding tert-OH is 3. The van der Waals surface area contributed by atoms with Crippen LogP contribution < -0.4 is 0 Å². The summed E-state index contributed by atoms with van der Waals surface area (Å²) in [7, 11) is -5.07. The summed E-state index contributed by atoms with van der Waals surface area (Å²) in [6.07, 6.45) is 56.6. The molecule has 13 heteroatoms. The molecule has 1 fully saturated rings. The minimum atomic E-state index is -5.07. The summed E-state index contributed by atoms with van der Waals surface area (Å²) < 4.78 is 59.4. The van der Waals surface area contributed by atoms with Gasteiger partial charge in [0.05, 0.1) is 19.8 Å². The first kappa shape index (κ1) is 67.6. The lowest BCUT2D eigenvalue weighted by atomic mass is 9.99. The minimum absolute atomic E-state index is 0.0165. The van der Waals surface area contributed by atoms with E-state index in [1.54, 1.807) is 0 Å². The van der Waals surface area contributed by atoms with Gasteiger partial charge >= 0.3 is 16.4 Å². The Bertz CT molecular complexity index is 1520. The van der Waals surface area contributed by atoms with Crippen molar-refractivity contribution in [1.29, 1.82) is 0 Å². The van der Waals surface area contributed by atoms with Crippen molar-refractivity contribution in [3.63, 3.8) is 0 Å². The van der Waals surface area contributed by atoms with Crippen molar-refractivity contribution in [3.8, 4) is 0 Å². The van der Waals surface area contributed by atoms with Crippen LogP contribution in [0, 0.1) is 0 Å². The standard InChI is InChI=1S/C59H104O12S/c1-3-5-7-9-11-13-15-17-19-21-23-25-26-27-28-29-30-32-34-36-38-40-42-44-46-48-55(61)69-53(52-68-59-57(63)58(71-72(64,65)66)56(62)54(50-60)70-59)51-67-49-47-45-43-41-39-37-35-33-31-24-22-20-18-16-14-12-10-8-6-4-2/h6,8,12,14,18,20-21,23-24,31,35,37,53-54,56-60,62-63H,3-5,7,9-11,13,15-17,19,22,25-30,32-34,36,38-52H2,1-2H3,(H,64,65,66)/b8-6-,14-12-,20-18-,23-21-,31-24-,37-35-. The number of hydrogen-bond acceptors (Lipinski definition) is 11. The number of esters is 1. The highest BCUT2D eigenvalue weighted by molar-refractivity contribution is 7.80. The number of hydrogen-bond donors (Lipinski definition) is 4. The SMILES string of the molecule is CC/C=C\C/C=C\C/C=C\C/C=C\C/C=C\CCCCCCOCC(COC1OC(CO)C(O)C(OS(=O)(=O)O)C1O)OC(=O)CCCCCCCCCCCCCCC/C=C\CCCCCCCCCC. The zero-order valence-electron chi connectivity index (χ0n) is 45.2. The van der Waals surface area contributed by atoms with Crippen LogP contribution in [0.25, 0.3) is 0 Å². The monoisotopic (exact) mass is 1040 g/mol. The molecular weight excluding hydrogens is 933 g/mol. The van der Waals surface area contributed by atoms with Gasteiger partial charge in [-0.3, -0.25) is 9.35 Å². The van der Waals surface area contributed by atoms with Crippen molar-refractivity contribution in [2.24, 2.45) is 0 Å². The first-order chi connectivity index (χ1) is 35.1. The Morgan fingerprint density at radius 2 is 0.958 bits per heavy atom. The van der Waals surface area contributed by atoms with Crippen molar-refractivity contribution < 1.29 is 56.2 Å². The molecule has 0 amide bonds. The van der Waals surface area contributed by atoms with E-state index in [0.29, 0.717) is 13.0 Å². The normalized spacial score (nSPS) is 19.4. The third-order valence-corrected chi connectivity index (χ3v) is 13.3. The number of unbranched alkanes of at least 4 members (excludes halogenated alkanes) is 25. The molecular formula is C59H104O12S. The predicted octanol–water partition coefficient (Wildman–Crippen LogP) is 14.2. The van der Waals surface area contributed by atoms with Gasteiger partial charge in [-0.05, 0) is 83.5 Å². The van der Waals surface area contributed by atoms with E-state index < -0.39 is 59.8 Å². The number of rotatable bonds is 50. The third kappa shape index (κ3) is 41.8. The van der Waals surface area contributed by atoms with Crippen LogP contribution in [0.5, 0.6) is 0 Å². The summed E-state index contributed by atoms with van der Waals surface area (Å²) in [4.78, 5) is 13.0. The summed E-state index contributed by atoms with van der Waals surface area (Å²) in [5.74, 6) is -0.408. The highest BCUT2D eigenvalue weighted by Gasteiger charge is 2.48. The van der Waals surface area contributed by atoms with E-state index in [1.807, 2.05) is 0 Å². The number of aliphatic hydroxyl groups is 3. The second-order valence-electron chi connectivity index (χ2n) is 19.5. The minimum Gasteiger partial charge on any atom is -0.457 e. The predicted molar refractivity (Wildman–Crippen MR) is 294 cm³/mol. The van der Waals surface area contributed by atoms with E-state index in [-0.39, 0.29) is 19.6 Å². The second-order valence-corrected chi connectivity index (χ2v) is 20.5. The Balaban J connectivity index is 2.32. The van der Waals surface area contributed by atoms with Gasteiger partial charge in [-0.15, -0.1) is 0 Å². The molecule has 1 aliphatic heterocycles. The van der Waals surface area contributed by atoms with Gasteiger partial charge in [-0.1, -0.05) is 215 Å². The Morgan fingerprint density at radius 1 is 0.542 bits per heavy atom. The van der Waals surface area contributed by atoms with E-state index in [9.17, 15) is 33.1 Å². The fourth-order valence-corrected chi connectivity index (χ4v) is 9.03.